The molecule has 1 aromatic rings. The van der Waals surface area contributed by atoms with Crippen molar-refractivity contribution >= 4 is 17.7 Å². The van der Waals surface area contributed by atoms with Crippen molar-refractivity contribution in [3.63, 3.8) is 0 Å². The largest absolute Gasteiger partial charge is 0.497 e. The van der Waals surface area contributed by atoms with Gasteiger partial charge in [0.25, 0.3) is 5.91 Å². The van der Waals surface area contributed by atoms with Crippen molar-refractivity contribution in [3.05, 3.63) is 24.3 Å². The van der Waals surface area contributed by atoms with Gasteiger partial charge in [-0.05, 0) is 24.3 Å². The number of nitrogens with zero attached hydrogens (tertiary/aromatic N) is 2. The van der Waals surface area contributed by atoms with Gasteiger partial charge in [-0.15, -0.1) is 0 Å². The van der Waals surface area contributed by atoms with Crippen molar-refractivity contribution in [2.45, 2.75) is 12.5 Å². The molecule has 0 N–H and O–H groups in total. The fourth-order valence-corrected chi connectivity index (χ4v) is 4.37. The molecule has 1 atom stereocenters. The number of carbonyl (C=O) groups excluding carboxylic acids is 1. The van der Waals surface area contributed by atoms with E-state index in [0.717, 1.165) is 63.1 Å². The van der Waals surface area contributed by atoms with Gasteiger partial charge in [0.05, 0.1) is 26.4 Å². The minimum atomic E-state index is 0.0635. The first-order valence-electron chi connectivity index (χ1n) is 9.20. The van der Waals surface area contributed by atoms with Crippen molar-refractivity contribution < 1.29 is 19.0 Å². The van der Waals surface area contributed by atoms with Gasteiger partial charge in [0.1, 0.15) is 11.5 Å². The average molecular weight is 381 g/mol. The molecule has 0 aromatic heterocycles. The molecular formula is C19H28N2O4S. The second-order valence-corrected chi connectivity index (χ2v) is 7.70. The van der Waals surface area contributed by atoms with E-state index in [4.69, 9.17) is 14.2 Å². The second-order valence-electron chi connectivity index (χ2n) is 6.55. The molecule has 144 valence electrons. The van der Waals surface area contributed by atoms with Crippen LogP contribution in [0.25, 0.3) is 0 Å². The number of hydrogen-bond acceptors (Lipinski definition) is 6. The maximum atomic E-state index is 12.8. The summed E-state index contributed by atoms with van der Waals surface area (Å²) in [7, 11) is 1.62. The van der Waals surface area contributed by atoms with Gasteiger partial charge in [0.15, 0.2) is 6.61 Å². The summed E-state index contributed by atoms with van der Waals surface area (Å²) in [6.07, 6.45) is 1.04. The van der Waals surface area contributed by atoms with Gasteiger partial charge in [-0.1, -0.05) is 6.07 Å². The maximum absolute atomic E-state index is 12.8. The number of amides is 1. The van der Waals surface area contributed by atoms with E-state index in [-0.39, 0.29) is 18.6 Å². The summed E-state index contributed by atoms with van der Waals surface area (Å²) < 4.78 is 16.4. The van der Waals surface area contributed by atoms with E-state index in [1.807, 2.05) is 34.9 Å². The van der Waals surface area contributed by atoms with Gasteiger partial charge in [0.2, 0.25) is 0 Å². The Balaban J connectivity index is 1.58. The highest BCUT2D eigenvalue weighted by molar-refractivity contribution is 7.99. The number of morpholine rings is 1. The molecule has 2 aliphatic rings. The fraction of sp³-hybridized carbons (Fsp3) is 0.632. The maximum Gasteiger partial charge on any atom is 0.260 e. The first-order valence-corrected chi connectivity index (χ1v) is 10.4. The molecule has 2 fully saturated rings. The Bertz CT molecular complexity index is 580. The molecule has 0 unspecified atom stereocenters. The zero-order valence-corrected chi connectivity index (χ0v) is 16.2. The summed E-state index contributed by atoms with van der Waals surface area (Å²) in [5.41, 5.74) is 0. The topological polar surface area (TPSA) is 51.2 Å². The number of ether oxygens (including phenoxy) is 3. The first kappa shape index (κ1) is 19.3. The van der Waals surface area contributed by atoms with Gasteiger partial charge < -0.3 is 19.1 Å². The number of thioether (sulfide) groups is 1. The monoisotopic (exact) mass is 380 g/mol. The summed E-state index contributed by atoms with van der Waals surface area (Å²) in [6.45, 7) is 5.26. The molecule has 26 heavy (non-hydrogen) atoms. The Kier molecular flexibility index (Phi) is 7.46. The predicted molar refractivity (Wildman–Crippen MR) is 103 cm³/mol. The number of benzene rings is 1. The Morgan fingerprint density at radius 1 is 1.27 bits per heavy atom. The minimum Gasteiger partial charge on any atom is -0.497 e. The quantitative estimate of drug-likeness (QED) is 0.749. The summed E-state index contributed by atoms with van der Waals surface area (Å²) in [5.74, 6) is 3.55. The van der Waals surface area contributed by atoms with E-state index in [1.165, 1.54) is 0 Å². The van der Waals surface area contributed by atoms with Gasteiger partial charge in [0, 0.05) is 38.0 Å². The molecule has 0 aliphatic carbocycles. The van der Waals surface area contributed by atoms with Crippen LogP contribution in [-0.2, 0) is 9.53 Å². The van der Waals surface area contributed by atoms with Gasteiger partial charge >= 0.3 is 0 Å². The Hall–Kier alpha value is -1.44. The smallest absolute Gasteiger partial charge is 0.260 e. The van der Waals surface area contributed by atoms with Crippen LogP contribution < -0.4 is 9.47 Å². The number of methoxy groups -OCH3 is 1. The van der Waals surface area contributed by atoms with Crippen molar-refractivity contribution in [2.24, 2.45) is 0 Å². The fourth-order valence-electron chi connectivity index (χ4n) is 3.31. The van der Waals surface area contributed by atoms with Crippen LogP contribution in [0.2, 0.25) is 0 Å². The number of carbonyl (C=O) groups is 1. The van der Waals surface area contributed by atoms with Crippen LogP contribution in [0.1, 0.15) is 6.42 Å². The molecular weight excluding hydrogens is 352 g/mol. The van der Waals surface area contributed by atoms with Crippen LogP contribution in [-0.4, -0.2) is 86.4 Å². The zero-order valence-electron chi connectivity index (χ0n) is 15.4. The van der Waals surface area contributed by atoms with Crippen molar-refractivity contribution in [1.29, 1.82) is 0 Å². The molecule has 1 amide bonds. The van der Waals surface area contributed by atoms with Gasteiger partial charge in [-0.2, -0.15) is 11.8 Å². The molecule has 7 heteroatoms. The zero-order chi connectivity index (χ0) is 18.2. The summed E-state index contributed by atoms with van der Waals surface area (Å²) in [5, 5.41) is 0. The van der Waals surface area contributed by atoms with Crippen LogP contribution in [0.4, 0.5) is 0 Å². The summed E-state index contributed by atoms with van der Waals surface area (Å²) >= 11 is 1.94. The average Bonchev–Trinajstić information content (AvgIpc) is 2.92. The Morgan fingerprint density at radius 2 is 2.08 bits per heavy atom. The van der Waals surface area contributed by atoms with E-state index in [1.54, 1.807) is 13.2 Å². The van der Waals surface area contributed by atoms with Crippen LogP contribution >= 0.6 is 11.8 Å². The van der Waals surface area contributed by atoms with Crippen LogP contribution in [0.3, 0.4) is 0 Å². The SMILES string of the molecule is COc1cccc(OCC(=O)N2CCCSC[C@@H]2CN2CCOCC2)c1. The highest BCUT2D eigenvalue weighted by Crippen LogP contribution is 2.21. The number of rotatable bonds is 6. The molecule has 0 spiro atoms. The number of hydrogen-bond donors (Lipinski definition) is 0. The van der Waals surface area contributed by atoms with E-state index < -0.39 is 0 Å². The lowest BCUT2D eigenvalue weighted by Gasteiger charge is -2.35. The highest BCUT2D eigenvalue weighted by Gasteiger charge is 2.28. The van der Waals surface area contributed by atoms with Crippen molar-refractivity contribution in [2.75, 3.05) is 64.6 Å². The van der Waals surface area contributed by atoms with Crippen LogP contribution in [0, 0.1) is 0 Å². The third-order valence-corrected chi connectivity index (χ3v) is 5.93. The molecule has 3 rings (SSSR count). The van der Waals surface area contributed by atoms with Crippen molar-refractivity contribution in [3.8, 4) is 11.5 Å². The standard InChI is InChI=1S/C19H28N2O4S/c1-23-17-4-2-5-18(12-17)25-14-19(22)21-6-3-11-26-15-16(21)13-20-7-9-24-10-8-20/h2,4-5,12,16H,3,6-11,13-15H2,1H3/t16-/m0/s1. The summed E-state index contributed by atoms with van der Waals surface area (Å²) in [6, 6.07) is 7.61. The lowest BCUT2D eigenvalue weighted by atomic mass is 10.2. The predicted octanol–water partition coefficient (Wildman–Crippen LogP) is 1.74. The second kappa shape index (κ2) is 10.0. The molecule has 2 heterocycles. The third-order valence-electron chi connectivity index (χ3n) is 4.74. The Labute approximate surface area is 159 Å². The summed E-state index contributed by atoms with van der Waals surface area (Å²) in [4.78, 5) is 17.3. The van der Waals surface area contributed by atoms with E-state index in [2.05, 4.69) is 4.90 Å². The minimum absolute atomic E-state index is 0.0635. The molecule has 1 aromatic carbocycles. The van der Waals surface area contributed by atoms with Gasteiger partial charge in [-0.3, -0.25) is 9.69 Å². The van der Waals surface area contributed by atoms with Crippen LogP contribution in [0.5, 0.6) is 11.5 Å². The van der Waals surface area contributed by atoms with E-state index >= 15 is 0 Å². The van der Waals surface area contributed by atoms with Crippen molar-refractivity contribution in [1.82, 2.24) is 9.80 Å². The lowest BCUT2D eigenvalue weighted by Crippen LogP contribution is -2.51. The third kappa shape index (κ3) is 5.53. The molecule has 0 radical (unpaired) electrons. The first-order chi connectivity index (χ1) is 12.8. The molecule has 6 nitrogen and oxygen atoms in total. The molecule has 0 saturated carbocycles. The van der Waals surface area contributed by atoms with E-state index in [9.17, 15) is 4.79 Å². The normalized spacial score (nSPS) is 21.9. The van der Waals surface area contributed by atoms with E-state index in [0.29, 0.717) is 5.75 Å². The molecule has 0 bridgehead atoms. The van der Waals surface area contributed by atoms with Gasteiger partial charge in [-0.25, -0.2) is 0 Å². The highest BCUT2D eigenvalue weighted by atomic mass is 32.2. The Morgan fingerprint density at radius 3 is 2.88 bits per heavy atom. The molecule has 2 aliphatic heterocycles. The van der Waals surface area contributed by atoms with Crippen LogP contribution in [0.15, 0.2) is 24.3 Å². The molecule has 2 saturated heterocycles. The lowest BCUT2D eigenvalue weighted by molar-refractivity contribution is -0.135.